The maximum absolute atomic E-state index is 5.41. The second kappa shape index (κ2) is 6.82. The van der Waals surface area contributed by atoms with Crippen molar-refractivity contribution in [3.8, 4) is 0 Å². The van der Waals surface area contributed by atoms with Crippen molar-refractivity contribution in [2.45, 2.75) is 10.8 Å². The fourth-order valence-electron chi connectivity index (χ4n) is 2.44. The molecule has 3 heterocycles. The van der Waals surface area contributed by atoms with Crippen LogP contribution in [0.15, 0.2) is 41.7 Å². The van der Waals surface area contributed by atoms with Crippen LogP contribution in [0.5, 0.6) is 0 Å². The zero-order valence-corrected chi connectivity index (χ0v) is 14.1. The number of fused-ring (bicyclic) bond motifs is 1. The van der Waals surface area contributed by atoms with Crippen LogP contribution in [0.2, 0.25) is 0 Å². The van der Waals surface area contributed by atoms with E-state index < -0.39 is 0 Å². The molecule has 4 rings (SSSR count). The number of thioether (sulfide) groups is 1. The number of aromatic nitrogens is 3. The largest absolute Gasteiger partial charge is 0.378 e. The van der Waals surface area contributed by atoms with Crippen LogP contribution in [0.1, 0.15) is 5.56 Å². The first kappa shape index (κ1) is 14.9. The molecule has 0 atom stereocenters. The third kappa shape index (κ3) is 3.31. The van der Waals surface area contributed by atoms with Crippen molar-refractivity contribution in [3.05, 3.63) is 42.2 Å². The Morgan fingerprint density at radius 1 is 1.13 bits per heavy atom. The van der Waals surface area contributed by atoms with Gasteiger partial charge in [-0.2, -0.15) is 4.98 Å². The Balaban J connectivity index is 1.58. The van der Waals surface area contributed by atoms with Crippen LogP contribution in [-0.2, 0) is 10.5 Å². The molecule has 0 aliphatic carbocycles. The maximum Gasteiger partial charge on any atom is 0.188 e. The zero-order chi connectivity index (χ0) is 15.5. The van der Waals surface area contributed by atoms with E-state index >= 15 is 0 Å². The third-order valence-electron chi connectivity index (χ3n) is 3.65. The molecule has 118 valence electrons. The van der Waals surface area contributed by atoms with E-state index in [1.54, 1.807) is 29.4 Å². The van der Waals surface area contributed by atoms with Crippen molar-refractivity contribution in [1.82, 2.24) is 15.0 Å². The maximum atomic E-state index is 5.41. The highest BCUT2D eigenvalue weighted by Gasteiger charge is 2.18. The van der Waals surface area contributed by atoms with Gasteiger partial charge in [-0.05, 0) is 5.56 Å². The van der Waals surface area contributed by atoms with Crippen LogP contribution < -0.4 is 4.90 Å². The highest BCUT2D eigenvalue weighted by molar-refractivity contribution is 7.98. The van der Waals surface area contributed by atoms with E-state index in [1.165, 1.54) is 5.56 Å². The highest BCUT2D eigenvalue weighted by Crippen LogP contribution is 2.35. The second-order valence-electron chi connectivity index (χ2n) is 5.20. The first-order chi connectivity index (χ1) is 11.4. The van der Waals surface area contributed by atoms with Gasteiger partial charge in [0.25, 0.3) is 0 Å². The molecule has 1 aromatic carbocycles. The Hall–Kier alpha value is -1.70. The fourth-order valence-corrected chi connectivity index (χ4v) is 4.54. The van der Waals surface area contributed by atoms with Gasteiger partial charge >= 0.3 is 0 Å². The van der Waals surface area contributed by atoms with E-state index in [0.717, 1.165) is 52.6 Å². The van der Waals surface area contributed by atoms with E-state index in [-0.39, 0.29) is 0 Å². The molecule has 0 N–H and O–H groups in total. The molecule has 3 aromatic rings. The lowest BCUT2D eigenvalue weighted by molar-refractivity contribution is 0.122. The van der Waals surface area contributed by atoms with Crippen molar-refractivity contribution in [2.24, 2.45) is 0 Å². The lowest BCUT2D eigenvalue weighted by Crippen LogP contribution is -2.36. The van der Waals surface area contributed by atoms with E-state index in [0.29, 0.717) is 0 Å². The van der Waals surface area contributed by atoms with Gasteiger partial charge < -0.3 is 9.64 Å². The predicted molar refractivity (Wildman–Crippen MR) is 94.2 cm³/mol. The molecule has 2 aromatic heterocycles. The Kier molecular flexibility index (Phi) is 4.41. The molecule has 0 unspecified atom stereocenters. The number of morpholine rings is 1. The van der Waals surface area contributed by atoms with Gasteiger partial charge in [-0.15, -0.1) is 11.8 Å². The van der Waals surface area contributed by atoms with E-state index in [4.69, 9.17) is 4.74 Å². The number of anilines is 1. The van der Waals surface area contributed by atoms with Crippen LogP contribution in [-0.4, -0.2) is 41.3 Å². The number of rotatable bonds is 4. The van der Waals surface area contributed by atoms with Crippen LogP contribution in [0.3, 0.4) is 0 Å². The highest BCUT2D eigenvalue weighted by atomic mass is 32.2. The summed E-state index contributed by atoms with van der Waals surface area (Å²) in [5.74, 6) is 0.901. The fraction of sp³-hybridized carbons (Fsp3) is 0.312. The molecule has 1 fully saturated rings. The SMILES string of the molecule is c1ccc(CSc2ncnc3nc(N4CCOCC4)sc23)cc1. The van der Waals surface area contributed by atoms with Gasteiger partial charge in [0.15, 0.2) is 10.8 Å². The molecule has 1 saturated heterocycles. The summed E-state index contributed by atoms with van der Waals surface area (Å²) >= 11 is 3.42. The van der Waals surface area contributed by atoms with Crippen LogP contribution in [0.4, 0.5) is 5.13 Å². The monoisotopic (exact) mass is 344 g/mol. The van der Waals surface area contributed by atoms with E-state index in [1.807, 2.05) is 6.07 Å². The van der Waals surface area contributed by atoms with Gasteiger partial charge in [0.1, 0.15) is 16.1 Å². The molecule has 0 spiro atoms. The summed E-state index contributed by atoms with van der Waals surface area (Å²) in [6.07, 6.45) is 1.61. The summed E-state index contributed by atoms with van der Waals surface area (Å²) in [7, 11) is 0. The number of thiazole rings is 1. The minimum Gasteiger partial charge on any atom is -0.378 e. The summed E-state index contributed by atoms with van der Waals surface area (Å²) < 4.78 is 6.49. The first-order valence-corrected chi connectivity index (χ1v) is 9.31. The predicted octanol–water partition coefficient (Wildman–Crippen LogP) is 3.22. The first-order valence-electron chi connectivity index (χ1n) is 7.51. The number of benzene rings is 1. The Morgan fingerprint density at radius 2 is 1.96 bits per heavy atom. The van der Waals surface area contributed by atoms with Gasteiger partial charge in [-0.25, -0.2) is 9.97 Å². The van der Waals surface area contributed by atoms with Gasteiger partial charge in [-0.1, -0.05) is 41.7 Å². The van der Waals surface area contributed by atoms with Crippen molar-refractivity contribution in [3.63, 3.8) is 0 Å². The molecule has 0 bridgehead atoms. The van der Waals surface area contributed by atoms with Crippen LogP contribution in [0.25, 0.3) is 10.3 Å². The molecule has 1 aliphatic heterocycles. The molecule has 0 radical (unpaired) electrons. The topological polar surface area (TPSA) is 51.1 Å². The Morgan fingerprint density at radius 3 is 2.78 bits per heavy atom. The molecule has 7 heteroatoms. The molecule has 5 nitrogen and oxygen atoms in total. The lowest BCUT2D eigenvalue weighted by Gasteiger charge is -2.25. The zero-order valence-electron chi connectivity index (χ0n) is 12.5. The molecule has 23 heavy (non-hydrogen) atoms. The van der Waals surface area contributed by atoms with Crippen molar-refractivity contribution in [1.29, 1.82) is 0 Å². The molecular weight excluding hydrogens is 328 g/mol. The molecule has 0 saturated carbocycles. The van der Waals surface area contributed by atoms with Gasteiger partial charge in [0.2, 0.25) is 0 Å². The summed E-state index contributed by atoms with van der Waals surface area (Å²) in [5.41, 5.74) is 2.09. The standard InChI is InChI=1S/C16H16N4OS2/c1-2-4-12(5-3-1)10-22-15-13-14(17-11-18-15)19-16(23-13)20-6-8-21-9-7-20/h1-5,11H,6-10H2. The number of hydrogen-bond donors (Lipinski definition) is 0. The average molecular weight is 344 g/mol. The van der Waals surface area contributed by atoms with Crippen LogP contribution >= 0.6 is 23.1 Å². The van der Waals surface area contributed by atoms with Crippen molar-refractivity contribution >= 4 is 38.6 Å². The van der Waals surface area contributed by atoms with Crippen LogP contribution in [0, 0.1) is 0 Å². The van der Waals surface area contributed by atoms with Gasteiger partial charge in [-0.3, -0.25) is 0 Å². The lowest BCUT2D eigenvalue weighted by atomic mass is 10.2. The van der Waals surface area contributed by atoms with E-state index in [2.05, 4.69) is 44.1 Å². The minimum atomic E-state index is 0.761. The summed E-state index contributed by atoms with van der Waals surface area (Å²) in [4.78, 5) is 15.7. The summed E-state index contributed by atoms with van der Waals surface area (Å²) in [5, 5.41) is 2.03. The smallest absolute Gasteiger partial charge is 0.188 e. The van der Waals surface area contributed by atoms with Crippen molar-refractivity contribution < 1.29 is 4.74 Å². The van der Waals surface area contributed by atoms with Gasteiger partial charge in [0, 0.05) is 18.8 Å². The Bertz CT molecular complexity index is 787. The molecular formula is C16H16N4OS2. The molecule has 1 aliphatic rings. The summed E-state index contributed by atoms with van der Waals surface area (Å²) in [6.45, 7) is 3.30. The van der Waals surface area contributed by atoms with Crippen molar-refractivity contribution in [2.75, 3.05) is 31.2 Å². The number of ether oxygens (including phenoxy) is 1. The normalized spacial score (nSPS) is 15.2. The average Bonchev–Trinajstić information content (AvgIpc) is 3.06. The van der Waals surface area contributed by atoms with E-state index in [9.17, 15) is 0 Å². The summed E-state index contributed by atoms with van der Waals surface area (Å²) in [6, 6.07) is 10.4. The third-order valence-corrected chi connectivity index (χ3v) is 5.95. The number of hydrogen-bond acceptors (Lipinski definition) is 7. The quantitative estimate of drug-likeness (QED) is 0.535. The van der Waals surface area contributed by atoms with Gasteiger partial charge in [0.05, 0.1) is 13.2 Å². The molecule has 0 amide bonds. The number of nitrogens with zero attached hydrogens (tertiary/aromatic N) is 4. The minimum absolute atomic E-state index is 0.761. The Labute approximate surface area is 142 Å². The second-order valence-corrected chi connectivity index (χ2v) is 7.14.